The summed E-state index contributed by atoms with van der Waals surface area (Å²) in [5.74, 6) is 0.490. The molecule has 1 N–H and O–H groups in total. The van der Waals surface area contributed by atoms with E-state index in [0.717, 1.165) is 16.8 Å². The molecule has 3 aromatic carbocycles. The van der Waals surface area contributed by atoms with Gasteiger partial charge in [-0.05, 0) is 35.4 Å². The first-order valence-corrected chi connectivity index (χ1v) is 10.8. The van der Waals surface area contributed by atoms with E-state index in [0.29, 0.717) is 28.8 Å². The number of hydrogen-bond acceptors (Lipinski definition) is 4. The van der Waals surface area contributed by atoms with Crippen LogP contribution >= 0.6 is 11.6 Å². The van der Waals surface area contributed by atoms with Gasteiger partial charge in [0.1, 0.15) is 0 Å². The smallest absolute Gasteiger partial charge is 0.342 e. The number of anilines is 1. The number of carbonyl (C=O) groups is 1. The second-order valence-corrected chi connectivity index (χ2v) is 8.67. The minimum atomic E-state index is -0.722. The third-order valence-electron chi connectivity index (χ3n) is 5.40. The van der Waals surface area contributed by atoms with Gasteiger partial charge in [-0.2, -0.15) is 5.10 Å². The predicted octanol–water partition coefficient (Wildman–Crippen LogP) is 5.88. The number of ether oxygens (including phenoxy) is 2. The van der Waals surface area contributed by atoms with E-state index in [2.05, 4.69) is 22.6 Å². The number of fused-ring (bicyclic) bond motifs is 1. The summed E-state index contributed by atoms with van der Waals surface area (Å²) in [4.78, 5) is 13.1. The largest absolute Gasteiger partial charge is 0.449 e. The van der Waals surface area contributed by atoms with E-state index in [4.69, 9.17) is 21.1 Å². The van der Waals surface area contributed by atoms with E-state index in [1.807, 2.05) is 56.3 Å². The predicted molar refractivity (Wildman–Crippen MR) is 125 cm³/mol. The van der Waals surface area contributed by atoms with Gasteiger partial charge in [0.15, 0.2) is 11.5 Å². The second-order valence-electron chi connectivity index (χ2n) is 8.23. The number of nitrogens with one attached hydrogen (secondary N) is 1. The summed E-state index contributed by atoms with van der Waals surface area (Å²) in [5.41, 5.74) is 3.47. The Bertz CT molecular complexity index is 1190. The number of urea groups is 1. The van der Waals surface area contributed by atoms with Crippen LogP contribution in [0, 0.1) is 0 Å². The highest BCUT2D eigenvalue weighted by Crippen LogP contribution is 2.40. The SMILES string of the molecule is CC1(C)Oc2ccc(NC(=O)N3CC(c4ccccc4)C(c4ccc(Cl)cc4)=N3)cc2O1. The van der Waals surface area contributed by atoms with Gasteiger partial charge >= 0.3 is 6.03 Å². The van der Waals surface area contributed by atoms with Crippen molar-refractivity contribution in [2.45, 2.75) is 25.6 Å². The highest BCUT2D eigenvalue weighted by molar-refractivity contribution is 6.30. The summed E-state index contributed by atoms with van der Waals surface area (Å²) in [6, 6.07) is 22.6. The first-order valence-electron chi connectivity index (χ1n) is 10.4. The summed E-state index contributed by atoms with van der Waals surface area (Å²) >= 11 is 6.07. The number of hydrogen-bond donors (Lipinski definition) is 1. The number of carbonyl (C=O) groups excluding carboxylic acids is 1. The summed E-state index contributed by atoms with van der Waals surface area (Å²) in [5, 5.41) is 9.72. The average molecular weight is 448 g/mol. The summed E-state index contributed by atoms with van der Waals surface area (Å²) < 4.78 is 11.5. The molecule has 1 atom stereocenters. The Morgan fingerprint density at radius 1 is 1.03 bits per heavy atom. The Labute approximate surface area is 191 Å². The number of halogens is 1. The van der Waals surface area contributed by atoms with E-state index < -0.39 is 5.79 Å². The lowest BCUT2D eigenvalue weighted by Gasteiger charge is -2.16. The summed E-state index contributed by atoms with van der Waals surface area (Å²) in [6.45, 7) is 4.11. The van der Waals surface area contributed by atoms with Crippen LogP contribution in [0.3, 0.4) is 0 Å². The molecule has 0 spiro atoms. The van der Waals surface area contributed by atoms with Crippen molar-refractivity contribution in [3.05, 3.63) is 88.9 Å². The number of amides is 2. The molecule has 3 aromatic rings. The van der Waals surface area contributed by atoms with Crippen LogP contribution in [0.5, 0.6) is 11.5 Å². The summed E-state index contributed by atoms with van der Waals surface area (Å²) in [6.07, 6.45) is 0. The molecule has 2 amide bonds. The zero-order chi connectivity index (χ0) is 22.3. The summed E-state index contributed by atoms with van der Waals surface area (Å²) in [7, 11) is 0. The van der Waals surface area contributed by atoms with Crippen molar-refractivity contribution in [1.82, 2.24) is 5.01 Å². The Morgan fingerprint density at radius 3 is 2.50 bits per heavy atom. The maximum atomic E-state index is 13.1. The first kappa shape index (κ1) is 20.4. The van der Waals surface area contributed by atoms with Crippen LogP contribution in [-0.2, 0) is 0 Å². The van der Waals surface area contributed by atoms with E-state index in [-0.39, 0.29) is 11.9 Å². The van der Waals surface area contributed by atoms with Crippen molar-refractivity contribution in [2.24, 2.45) is 5.10 Å². The molecule has 0 saturated heterocycles. The maximum Gasteiger partial charge on any atom is 0.342 e. The van der Waals surface area contributed by atoms with Gasteiger partial charge in [0.05, 0.1) is 12.3 Å². The van der Waals surface area contributed by atoms with Gasteiger partial charge < -0.3 is 14.8 Å². The standard InChI is InChI=1S/C25H22ClN3O3/c1-25(2)31-21-13-12-19(14-22(21)32-25)27-24(30)29-15-20(16-6-4-3-5-7-16)23(28-29)17-8-10-18(26)11-9-17/h3-14,20H,15H2,1-2H3,(H,27,30). The van der Waals surface area contributed by atoms with Gasteiger partial charge in [0.2, 0.25) is 5.79 Å². The van der Waals surface area contributed by atoms with Crippen molar-refractivity contribution in [3.63, 3.8) is 0 Å². The molecular formula is C25H22ClN3O3. The Kier molecular flexibility index (Phi) is 5.02. The molecule has 32 heavy (non-hydrogen) atoms. The van der Waals surface area contributed by atoms with Crippen LogP contribution in [0.15, 0.2) is 77.9 Å². The Balaban J connectivity index is 1.40. The molecule has 6 nitrogen and oxygen atoms in total. The van der Waals surface area contributed by atoms with Crippen LogP contribution in [0.2, 0.25) is 5.02 Å². The molecule has 0 fully saturated rings. The third-order valence-corrected chi connectivity index (χ3v) is 5.65. The number of nitrogens with zero attached hydrogens (tertiary/aromatic N) is 2. The van der Waals surface area contributed by atoms with Gasteiger partial charge in [0.25, 0.3) is 0 Å². The van der Waals surface area contributed by atoms with Crippen LogP contribution in [0.1, 0.15) is 30.9 Å². The fourth-order valence-corrected chi connectivity index (χ4v) is 4.07. The normalized spacial score (nSPS) is 18.4. The minimum absolute atomic E-state index is 0.0410. The van der Waals surface area contributed by atoms with Gasteiger partial charge in [0, 0.05) is 36.5 Å². The number of hydrazone groups is 1. The van der Waals surface area contributed by atoms with Crippen molar-refractivity contribution < 1.29 is 14.3 Å². The lowest BCUT2D eigenvalue weighted by molar-refractivity contribution is -0.0431. The fourth-order valence-electron chi connectivity index (χ4n) is 3.94. The number of rotatable bonds is 3. The zero-order valence-electron chi connectivity index (χ0n) is 17.7. The number of benzene rings is 3. The van der Waals surface area contributed by atoms with E-state index in [1.165, 1.54) is 5.01 Å². The Morgan fingerprint density at radius 2 is 1.75 bits per heavy atom. The van der Waals surface area contributed by atoms with Crippen molar-refractivity contribution in [3.8, 4) is 11.5 Å². The molecule has 5 rings (SSSR count). The quantitative estimate of drug-likeness (QED) is 0.545. The topological polar surface area (TPSA) is 63.2 Å². The Hall–Kier alpha value is -3.51. The molecule has 2 heterocycles. The lowest BCUT2D eigenvalue weighted by atomic mass is 9.91. The molecule has 2 aliphatic rings. The van der Waals surface area contributed by atoms with Crippen LogP contribution in [-0.4, -0.2) is 29.1 Å². The van der Waals surface area contributed by atoms with Crippen LogP contribution in [0.25, 0.3) is 0 Å². The minimum Gasteiger partial charge on any atom is -0.449 e. The fraction of sp³-hybridized carbons (Fsp3) is 0.200. The van der Waals surface area contributed by atoms with E-state index >= 15 is 0 Å². The van der Waals surface area contributed by atoms with Gasteiger partial charge in [-0.3, -0.25) is 0 Å². The zero-order valence-corrected chi connectivity index (χ0v) is 18.5. The molecule has 2 aliphatic heterocycles. The molecule has 0 radical (unpaired) electrons. The van der Waals surface area contributed by atoms with Crippen LogP contribution in [0.4, 0.5) is 10.5 Å². The monoisotopic (exact) mass is 447 g/mol. The van der Waals surface area contributed by atoms with E-state index in [1.54, 1.807) is 18.2 Å². The first-order chi connectivity index (χ1) is 15.4. The van der Waals surface area contributed by atoms with Gasteiger partial charge in [-0.25, -0.2) is 9.80 Å². The van der Waals surface area contributed by atoms with Gasteiger partial charge in [-0.1, -0.05) is 54.1 Å². The van der Waals surface area contributed by atoms with Crippen LogP contribution < -0.4 is 14.8 Å². The molecule has 0 aliphatic carbocycles. The third kappa shape index (κ3) is 4.01. The molecule has 0 bridgehead atoms. The molecule has 0 aromatic heterocycles. The van der Waals surface area contributed by atoms with Crippen molar-refractivity contribution in [1.29, 1.82) is 0 Å². The second kappa shape index (κ2) is 7.88. The maximum absolute atomic E-state index is 13.1. The molecular weight excluding hydrogens is 426 g/mol. The van der Waals surface area contributed by atoms with Crippen molar-refractivity contribution >= 4 is 29.0 Å². The van der Waals surface area contributed by atoms with E-state index in [9.17, 15) is 4.79 Å². The molecule has 0 saturated carbocycles. The highest BCUT2D eigenvalue weighted by Gasteiger charge is 2.34. The lowest BCUT2D eigenvalue weighted by Crippen LogP contribution is -2.30. The molecule has 1 unspecified atom stereocenters. The van der Waals surface area contributed by atoms with Crippen molar-refractivity contribution in [2.75, 3.05) is 11.9 Å². The highest BCUT2D eigenvalue weighted by atomic mass is 35.5. The average Bonchev–Trinajstić information content (AvgIpc) is 3.35. The molecule has 7 heteroatoms. The molecule has 162 valence electrons. The van der Waals surface area contributed by atoms with Gasteiger partial charge in [-0.15, -0.1) is 0 Å².